The van der Waals surface area contributed by atoms with E-state index in [0.717, 1.165) is 12.1 Å². The van der Waals surface area contributed by atoms with Crippen LogP contribution in [-0.2, 0) is 23.7 Å². The average molecular weight is 353 g/mol. The molecule has 133 valence electrons. The molecular weight excluding hydrogens is 338 g/mol. The predicted molar refractivity (Wildman–Crippen MR) is 73.9 cm³/mol. The van der Waals surface area contributed by atoms with Gasteiger partial charge in [-0.05, 0) is 23.8 Å². The molecule has 1 aromatic carbocycles. The number of rotatable bonds is 4. The smallest absolute Gasteiger partial charge is 0.297 e. The molecule has 0 aliphatic carbocycles. The predicted octanol–water partition coefficient (Wildman–Crippen LogP) is 2.95. The van der Waals surface area contributed by atoms with Crippen LogP contribution in [0.25, 0.3) is 0 Å². The Morgan fingerprint density at radius 3 is 1.71 bits per heavy atom. The molecule has 1 heterocycles. The summed E-state index contributed by atoms with van der Waals surface area (Å²) in [7, 11) is 0. The van der Waals surface area contributed by atoms with Gasteiger partial charge in [-0.2, -0.15) is 26.3 Å². The van der Waals surface area contributed by atoms with Crippen LogP contribution in [0.2, 0.25) is 0 Å². The normalized spacial score (nSPS) is 17.9. The van der Waals surface area contributed by atoms with Gasteiger partial charge in [0.1, 0.15) is 0 Å². The molecule has 1 radical (unpaired) electrons. The highest BCUT2D eigenvalue weighted by molar-refractivity contribution is 5.53. The molecule has 2 rings (SSSR count). The van der Waals surface area contributed by atoms with Gasteiger partial charge in [-0.25, -0.2) is 0 Å². The maximum absolute atomic E-state index is 12.8. The summed E-state index contributed by atoms with van der Waals surface area (Å²) in [6, 6.07) is 1.63. The average Bonchev–Trinajstić information content (AvgIpc) is 2.47. The van der Waals surface area contributed by atoms with Crippen LogP contribution >= 0.6 is 0 Å². The fourth-order valence-corrected chi connectivity index (χ4v) is 2.57. The van der Waals surface area contributed by atoms with E-state index in [9.17, 15) is 31.1 Å². The molecule has 1 aliphatic heterocycles. The molecule has 0 N–H and O–H groups in total. The molecule has 0 unspecified atom stereocenters. The number of piperazine rings is 1. The molecule has 3 nitrogen and oxygen atoms in total. The summed E-state index contributed by atoms with van der Waals surface area (Å²) in [4.78, 5) is 13.9. The van der Waals surface area contributed by atoms with Crippen molar-refractivity contribution in [3.63, 3.8) is 0 Å². The van der Waals surface area contributed by atoms with Gasteiger partial charge in [0.2, 0.25) is 6.29 Å². The third-order valence-corrected chi connectivity index (χ3v) is 3.81. The summed E-state index contributed by atoms with van der Waals surface area (Å²) < 4.78 is 77.0. The van der Waals surface area contributed by atoms with Crippen molar-refractivity contribution in [3.8, 4) is 0 Å². The van der Waals surface area contributed by atoms with Gasteiger partial charge < -0.3 is 0 Å². The Bertz CT molecular complexity index is 544. The van der Waals surface area contributed by atoms with E-state index < -0.39 is 23.5 Å². The first kappa shape index (κ1) is 18.7. The summed E-state index contributed by atoms with van der Waals surface area (Å²) in [6.45, 7) is 2.08. The lowest BCUT2D eigenvalue weighted by atomic mass is 10.0. The van der Waals surface area contributed by atoms with Crippen molar-refractivity contribution in [2.75, 3.05) is 32.7 Å². The van der Waals surface area contributed by atoms with E-state index in [4.69, 9.17) is 0 Å². The zero-order chi connectivity index (χ0) is 18.0. The third-order valence-electron chi connectivity index (χ3n) is 3.81. The van der Waals surface area contributed by atoms with Crippen LogP contribution in [0.5, 0.6) is 0 Å². The zero-order valence-electron chi connectivity index (χ0n) is 12.5. The van der Waals surface area contributed by atoms with Crippen molar-refractivity contribution >= 4 is 6.29 Å². The highest BCUT2D eigenvalue weighted by atomic mass is 19.4. The molecule has 1 aliphatic rings. The number of halogens is 6. The SMILES string of the molecule is O=[C]CN1CCN(Cc2cc(C(F)(F)F)cc(C(F)(F)F)c2)CC1. The first-order valence-corrected chi connectivity index (χ1v) is 7.17. The number of alkyl halides is 6. The van der Waals surface area contributed by atoms with Crippen molar-refractivity contribution in [1.29, 1.82) is 0 Å². The second-order valence-corrected chi connectivity index (χ2v) is 5.61. The minimum absolute atomic E-state index is 0.00829. The second-order valence-electron chi connectivity index (χ2n) is 5.61. The van der Waals surface area contributed by atoms with Crippen LogP contribution in [0.1, 0.15) is 16.7 Å². The lowest BCUT2D eigenvalue weighted by Gasteiger charge is -2.33. The van der Waals surface area contributed by atoms with Crippen LogP contribution in [0.3, 0.4) is 0 Å². The maximum atomic E-state index is 12.8. The molecule has 1 aromatic rings. The zero-order valence-corrected chi connectivity index (χ0v) is 12.5. The van der Waals surface area contributed by atoms with E-state index in [1.165, 1.54) is 0 Å². The topological polar surface area (TPSA) is 23.6 Å². The number of hydrogen-bond donors (Lipinski definition) is 0. The Morgan fingerprint density at radius 2 is 1.29 bits per heavy atom. The van der Waals surface area contributed by atoms with E-state index >= 15 is 0 Å². The van der Waals surface area contributed by atoms with E-state index in [1.54, 1.807) is 11.2 Å². The van der Waals surface area contributed by atoms with E-state index in [1.807, 2.05) is 4.90 Å². The lowest BCUT2D eigenvalue weighted by molar-refractivity contribution is -0.143. The Morgan fingerprint density at radius 1 is 0.833 bits per heavy atom. The van der Waals surface area contributed by atoms with Gasteiger partial charge in [0.25, 0.3) is 0 Å². The number of benzene rings is 1. The van der Waals surface area contributed by atoms with Gasteiger partial charge >= 0.3 is 12.4 Å². The van der Waals surface area contributed by atoms with Crippen molar-refractivity contribution in [1.82, 2.24) is 9.80 Å². The summed E-state index contributed by atoms with van der Waals surface area (Å²) in [5.41, 5.74) is -2.64. The number of carbonyl (C=O) groups excluding carboxylic acids is 1. The number of hydrogen-bond acceptors (Lipinski definition) is 3. The second kappa shape index (κ2) is 7.10. The van der Waals surface area contributed by atoms with Gasteiger partial charge in [-0.15, -0.1) is 0 Å². The molecule has 0 bridgehead atoms. The monoisotopic (exact) mass is 353 g/mol. The van der Waals surface area contributed by atoms with E-state index in [2.05, 4.69) is 0 Å². The van der Waals surface area contributed by atoms with Crippen LogP contribution in [0, 0.1) is 0 Å². The Kier molecular flexibility index (Phi) is 5.54. The van der Waals surface area contributed by atoms with Crippen LogP contribution in [0.4, 0.5) is 26.3 Å². The largest absolute Gasteiger partial charge is 0.416 e. The minimum Gasteiger partial charge on any atom is -0.297 e. The van der Waals surface area contributed by atoms with Crippen LogP contribution in [0.15, 0.2) is 18.2 Å². The van der Waals surface area contributed by atoms with Gasteiger partial charge in [-0.3, -0.25) is 14.6 Å². The molecule has 0 atom stereocenters. The standard InChI is InChI=1S/C15H15F6N2O/c16-14(17,18)12-7-11(8-13(9-12)15(19,20)21)10-23-3-1-22(2-4-23)5-6-24/h7-9H,1-5,10H2. The fourth-order valence-electron chi connectivity index (χ4n) is 2.57. The van der Waals surface area contributed by atoms with Crippen molar-refractivity contribution in [3.05, 3.63) is 34.9 Å². The minimum atomic E-state index is -4.84. The van der Waals surface area contributed by atoms with Crippen molar-refractivity contribution in [2.45, 2.75) is 18.9 Å². The molecule has 0 aromatic heterocycles. The van der Waals surface area contributed by atoms with Gasteiger partial charge in [0.05, 0.1) is 17.7 Å². The molecule has 1 fully saturated rings. The fraction of sp³-hybridized carbons (Fsp3) is 0.533. The Balaban J connectivity index is 2.16. The van der Waals surface area contributed by atoms with Gasteiger partial charge in [-0.1, -0.05) is 0 Å². The Hall–Kier alpha value is -1.61. The molecule has 0 saturated carbocycles. The van der Waals surface area contributed by atoms with E-state index in [-0.39, 0.29) is 24.7 Å². The molecule has 0 amide bonds. The molecule has 0 spiro atoms. The van der Waals surface area contributed by atoms with Gasteiger partial charge in [0, 0.05) is 32.7 Å². The quantitative estimate of drug-likeness (QED) is 0.778. The Labute approximate surface area is 134 Å². The highest BCUT2D eigenvalue weighted by Gasteiger charge is 2.37. The molecular formula is C15H15F6N2O. The summed E-state index contributed by atoms with van der Waals surface area (Å²) in [5.74, 6) is 0. The lowest BCUT2D eigenvalue weighted by Crippen LogP contribution is -2.46. The summed E-state index contributed by atoms with van der Waals surface area (Å²) in [5, 5.41) is 0. The maximum Gasteiger partial charge on any atom is 0.416 e. The van der Waals surface area contributed by atoms with Crippen molar-refractivity contribution in [2.24, 2.45) is 0 Å². The van der Waals surface area contributed by atoms with Crippen molar-refractivity contribution < 1.29 is 31.1 Å². The molecule has 24 heavy (non-hydrogen) atoms. The molecule has 9 heteroatoms. The summed E-state index contributed by atoms with van der Waals surface area (Å²) >= 11 is 0. The van der Waals surface area contributed by atoms with E-state index in [0.29, 0.717) is 26.2 Å². The number of nitrogens with zero attached hydrogens (tertiary/aromatic N) is 2. The first-order valence-electron chi connectivity index (χ1n) is 7.17. The highest BCUT2D eigenvalue weighted by Crippen LogP contribution is 2.36. The first-order chi connectivity index (χ1) is 11.1. The third kappa shape index (κ3) is 4.94. The summed E-state index contributed by atoms with van der Waals surface area (Å²) in [6.07, 6.45) is -7.92. The molecule has 1 saturated heterocycles. The van der Waals surface area contributed by atoms with Gasteiger partial charge in [0.15, 0.2) is 0 Å². The van der Waals surface area contributed by atoms with Crippen LogP contribution < -0.4 is 0 Å². The van der Waals surface area contributed by atoms with Crippen LogP contribution in [-0.4, -0.2) is 48.8 Å².